The minimum absolute atomic E-state index is 0.507. The Labute approximate surface area is 98.2 Å². The number of hydrogen-bond donors (Lipinski definition) is 1. The van der Waals surface area contributed by atoms with Crippen molar-refractivity contribution in [1.82, 2.24) is 15.1 Å². The highest BCUT2D eigenvalue weighted by Gasteiger charge is 2.37. The van der Waals surface area contributed by atoms with E-state index in [9.17, 15) is 0 Å². The average molecular weight is 221 g/mol. The van der Waals surface area contributed by atoms with Crippen molar-refractivity contribution in [3.8, 4) is 0 Å². The number of nitrogens with one attached hydrogen (secondary N) is 1. The van der Waals surface area contributed by atoms with Crippen molar-refractivity contribution in [3.63, 3.8) is 0 Å². The Morgan fingerprint density at radius 3 is 2.69 bits per heavy atom. The predicted molar refractivity (Wildman–Crippen MR) is 66.5 cm³/mol. The van der Waals surface area contributed by atoms with E-state index in [1.807, 2.05) is 0 Å². The van der Waals surface area contributed by atoms with Crippen LogP contribution in [0.1, 0.15) is 37.6 Å². The molecule has 1 N–H and O–H groups in total. The van der Waals surface area contributed by atoms with Gasteiger partial charge in [0.1, 0.15) is 0 Å². The van der Waals surface area contributed by atoms with Gasteiger partial charge in [-0.15, -0.1) is 0 Å². The summed E-state index contributed by atoms with van der Waals surface area (Å²) < 4.78 is 2.06. The molecule has 16 heavy (non-hydrogen) atoms. The van der Waals surface area contributed by atoms with Crippen molar-refractivity contribution in [3.05, 3.63) is 17.5 Å². The fourth-order valence-electron chi connectivity index (χ4n) is 2.76. The van der Waals surface area contributed by atoms with E-state index in [-0.39, 0.29) is 0 Å². The van der Waals surface area contributed by atoms with E-state index in [2.05, 4.69) is 42.2 Å². The molecule has 3 heteroatoms. The Kier molecular flexibility index (Phi) is 3.33. The zero-order chi connectivity index (χ0) is 11.6. The van der Waals surface area contributed by atoms with Crippen LogP contribution >= 0.6 is 0 Å². The lowest BCUT2D eigenvalue weighted by Gasteiger charge is -2.42. The number of hydrogen-bond acceptors (Lipinski definition) is 2. The van der Waals surface area contributed by atoms with Crippen LogP contribution in [0, 0.1) is 5.41 Å². The maximum atomic E-state index is 4.53. The van der Waals surface area contributed by atoms with E-state index in [1.54, 1.807) is 0 Å². The van der Waals surface area contributed by atoms with Crippen LogP contribution in [0.5, 0.6) is 0 Å². The van der Waals surface area contributed by atoms with E-state index >= 15 is 0 Å². The molecule has 0 spiro atoms. The van der Waals surface area contributed by atoms with Crippen molar-refractivity contribution < 1.29 is 0 Å². The molecule has 1 aromatic heterocycles. The fraction of sp³-hybridized carbons (Fsp3) is 0.769. The first kappa shape index (κ1) is 11.6. The average Bonchev–Trinajstić information content (AvgIpc) is 2.56. The lowest BCUT2D eigenvalue weighted by atomic mass is 9.66. The zero-order valence-corrected chi connectivity index (χ0v) is 10.7. The Hall–Kier alpha value is -0.830. The van der Waals surface area contributed by atoms with Gasteiger partial charge in [-0.25, -0.2) is 0 Å². The van der Waals surface area contributed by atoms with Crippen LogP contribution in [0.15, 0.2) is 6.07 Å². The molecule has 1 aliphatic rings. The van der Waals surface area contributed by atoms with Crippen molar-refractivity contribution >= 4 is 0 Å². The van der Waals surface area contributed by atoms with Crippen LogP contribution in [-0.4, -0.2) is 23.4 Å². The SMILES string of the molecule is CCc1cc(CC2(CNC)CCC2)n(C)n1. The molecule has 1 aromatic rings. The maximum Gasteiger partial charge on any atom is 0.0624 e. The minimum Gasteiger partial charge on any atom is -0.319 e. The first-order valence-corrected chi connectivity index (χ1v) is 6.35. The molecule has 0 unspecified atom stereocenters. The van der Waals surface area contributed by atoms with Crippen LogP contribution in [0.3, 0.4) is 0 Å². The Bertz CT molecular complexity index is 350. The molecule has 0 amide bonds. The van der Waals surface area contributed by atoms with Gasteiger partial charge in [-0.3, -0.25) is 4.68 Å². The first-order chi connectivity index (χ1) is 7.69. The van der Waals surface area contributed by atoms with Crippen LogP contribution in [-0.2, 0) is 19.9 Å². The molecule has 1 fully saturated rings. The minimum atomic E-state index is 0.507. The van der Waals surface area contributed by atoms with Crippen molar-refractivity contribution in [2.24, 2.45) is 12.5 Å². The predicted octanol–water partition coefficient (Wildman–Crippen LogP) is 1.91. The molecule has 2 rings (SSSR count). The molecule has 0 atom stereocenters. The second kappa shape index (κ2) is 4.58. The second-order valence-corrected chi connectivity index (χ2v) is 5.16. The first-order valence-electron chi connectivity index (χ1n) is 6.35. The standard InChI is InChI=1S/C13H23N3/c1-4-11-8-12(16(3)15-11)9-13(10-14-2)6-5-7-13/h8,14H,4-7,9-10H2,1-3H3. The van der Waals surface area contributed by atoms with Gasteiger partial charge in [0.15, 0.2) is 0 Å². The summed E-state index contributed by atoms with van der Waals surface area (Å²) in [6.45, 7) is 3.30. The summed E-state index contributed by atoms with van der Waals surface area (Å²) in [5.74, 6) is 0. The molecule has 1 aliphatic carbocycles. The molecule has 0 saturated heterocycles. The fourth-order valence-corrected chi connectivity index (χ4v) is 2.76. The van der Waals surface area contributed by atoms with Gasteiger partial charge >= 0.3 is 0 Å². The van der Waals surface area contributed by atoms with Gasteiger partial charge in [-0.05, 0) is 44.2 Å². The topological polar surface area (TPSA) is 29.9 Å². The summed E-state index contributed by atoms with van der Waals surface area (Å²) in [5.41, 5.74) is 3.12. The van der Waals surface area contributed by atoms with Crippen LogP contribution in [0.4, 0.5) is 0 Å². The molecule has 0 radical (unpaired) electrons. The number of nitrogens with zero attached hydrogens (tertiary/aromatic N) is 2. The molecule has 3 nitrogen and oxygen atoms in total. The third kappa shape index (κ3) is 2.14. The van der Waals surface area contributed by atoms with E-state index < -0.39 is 0 Å². The third-order valence-electron chi connectivity index (χ3n) is 3.91. The second-order valence-electron chi connectivity index (χ2n) is 5.16. The van der Waals surface area contributed by atoms with E-state index in [0.717, 1.165) is 13.0 Å². The number of rotatable bonds is 5. The van der Waals surface area contributed by atoms with Gasteiger partial charge in [0.2, 0.25) is 0 Å². The number of aromatic nitrogens is 2. The summed E-state index contributed by atoms with van der Waals surface area (Å²) in [7, 11) is 4.13. The van der Waals surface area contributed by atoms with Gasteiger partial charge in [0.05, 0.1) is 5.69 Å². The summed E-state index contributed by atoms with van der Waals surface area (Å²) in [4.78, 5) is 0. The third-order valence-corrected chi connectivity index (χ3v) is 3.91. The van der Waals surface area contributed by atoms with E-state index in [0.29, 0.717) is 5.41 Å². The zero-order valence-electron chi connectivity index (χ0n) is 10.7. The summed E-state index contributed by atoms with van der Waals surface area (Å²) in [6, 6.07) is 2.27. The number of aryl methyl sites for hydroxylation is 2. The Morgan fingerprint density at radius 2 is 2.25 bits per heavy atom. The van der Waals surface area contributed by atoms with Crippen molar-refractivity contribution in [2.45, 2.75) is 39.0 Å². The van der Waals surface area contributed by atoms with Crippen LogP contribution in [0.2, 0.25) is 0 Å². The molecule has 1 saturated carbocycles. The van der Waals surface area contributed by atoms with Crippen LogP contribution in [0.25, 0.3) is 0 Å². The van der Waals surface area contributed by atoms with Gasteiger partial charge in [-0.2, -0.15) is 5.10 Å². The van der Waals surface area contributed by atoms with E-state index in [1.165, 1.54) is 37.1 Å². The molecule has 90 valence electrons. The van der Waals surface area contributed by atoms with Crippen LogP contribution < -0.4 is 5.32 Å². The van der Waals surface area contributed by atoms with Gasteiger partial charge in [0, 0.05) is 19.3 Å². The molecule has 0 aromatic carbocycles. The highest BCUT2D eigenvalue weighted by Crippen LogP contribution is 2.43. The van der Waals surface area contributed by atoms with Gasteiger partial charge < -0.3 is 5.32 Å². The molecular weight excluding hydrogens is 198 g/mol. The normalized spacial score (nSPS) is 18.4. The summed E-state index contributed by atoms with van der Waals surface area (Å²) in [5, 5.41) is 7.87. The largest absolute Gasteiger partial charge is 0.319 e. The van der Waals surface area contributed by atoms with Gasteiger partial charge in [-0.1, -0.05) is 13.3 Å². The smallest absolute Gasteiger partial charge is 0.0624 e. The summed E-state index contributed by atoms with van der Waals surface area (Å²) >= 11 is 0. The van der Waals surface area contributed by atoms with Gasteiger partial charge in [0.25, 0.3) is 0 Å². The summed E-state index contributed by atoms with van der Waals surface area (Å²) in [6.07, 6.45) is 6.32. The maximum absolute atomic E-state index is 4.53. The Balaban J connectivity index is 2.09. The molecule has 0 bridgehead atoms. The molecular formula is C13H23N3. The Morgan fingerprint density at radius 1 is 1.50 bits per heavy atom. The lowest BCUT2D eigenvalue weighted by Crippen LogP contribution is -2.40. The quantitative estimate of drug-likeness (QED) is 0.823. The lowest BCUT2D eigenvalue weighted by molar-refractivity contribution is 0.130. The monoisotopic (exact) mass is 221 g/mol. The van der Waals surface area contributed by atoms with E-state index in [4.69, 9.17) is 0 Å². The van der Waals surface area contributed by atoms with Crippen molar-refractivity contribution in [2.75, 3.05) is 13.6 Å². The highest BCUT2D eigenvalue weighted by molar-refractivity contribution is 5.13. The van der Waals surface area contributed by atoms with Crippen molar-refractivity contribution in [1.29, 1.82) is 0 Å². The molecule has 1 heterocycles. The molecule has 0 aliphatic heterocycles. The highest BCUT2D eigenvalue weighted by atomic mass is 15.3.